The maximum absolute atomic E-state index is 5.34. The molecule has 0 radical (unpaired) electrons. The summed E-state index contributed by atoms with van der Waals surface area (Å²) in [6.45, 7) is 6.08. The lowest BCUT2D eigenvalue weighted by atomic mass is 10.4. The molecule has 0 saturated heterocycles. The Kier molecular flexibility index (Phi) is 3.54. The number of anilines is 2. The highest BCUT2D eigenvalue weighted by Gasteiger charge is 2.10. The Balaban J connectivity index is 2.63. The summed E-state index contributed by atoms with van der Waals surface area (Å²) >= 11 is 0. The van der Waals surface area contributed by atoms with Crippen LogP contribution in [0, 0.1) is 0 Å². The van der Waals surface area contributed by atoms with Gasteiger partial charge in [-0.25, -0.2) is 0 Å². The van der Waals surface area contributed by atoms with Crippen molar-refractivity contribution in [3.8, 4) is 0 Å². The summed E-state index contributed by atoms with van der Waals surface area (Å²) in [6, 6.07) is 0.661. The van der Waals surface area contributed by atoms with E-state index >= 15 is 0 Å². The summed E-state index contributed by atoms with van der Waals surface area (Å²) in [7, 11) is 0. The fourth-order valence-electron chi connectivity index (χ4n) is 1.20. The minimum absolute atomic E-state index is 0.132. The van der Waals surface area contributed by atoms with Crippen molar-refractivity contribution in [2.45, 2.75) is 26.7 Å². The molecular weight excluding hydrogens is 168 g/mol. The molecule has 0 atom stereocenters. The van der Waals surface area contributed by atoms with Gasteiger partial charge in [0, 0.05) is 13.1 Å². The zero-order chi connectivity index (χ0) is 9.68. The van der Waals surface area contributed by atoms with Crippen LogP contribution in [0.3, 0.4) is 0 Å². The Labute approximate surface area is 77.9 Å². The zero-order valence-corrected chi connectivity index (χ0v) is 8.16. The van der Waals surface area contributed by atoms with Gasteiger partial charge in [-0.1, -0.05) is 24.0 Å². The number of nitrogens with two attached hydrogens (primary N) is 1. The Bertz CT molecular complexity index is 242. The van der Waals surface area contributed by atoms with Gasteiger partial charge in [0.15, 0.2) is 0 Å². The molecule has 1 aromatic heterocycles. The van der Waals surface area contributed by atoms with Gasteiger partial charge in [-0.2, -0.15) is 0 Å². The zero-order valence-electron chi connectivity index (χ0n) is 8.16. The first kappa shape index (κ1) is 9.83. The van der Waals surface area contributed by atoms with Crippen molar-refractivity contribution in [2.75, 3.05) is 23.7 Å². The summed E-state index contributed by atoms with van der Waals surface area (Å²) < 4.78 is 5.13. The van der Waals surface area contributed by atoms with Crippen LogP contribution in [-0.2, 0) is 0 Å². The van der Waals surface area contributed by atoms with Crippen molar-refractivity contribution in [3.63, 3.8) is 0 Å². The lowest BCUT2D eigenvalue weighted by Gasteiger charge is -2.17. The molecule has 0 fully saturated rings. The molecule has 1 rings (SSSR count). The highest BCUT2D eigenvalue weighted by molar-refractivity contribution is 5.27. The van der Waals surface area contributed by atoms with Crippen LogP contribution >= 0.6 is 0 Å². The second-order valence-electron chi connectivity index (χ2n) is 2.91. The molecule has 0 bridgehead atoms. The molecule has 0 aliphatic rings. The van der Waals surface area contributed by atoms with Crippen molar-refractivity contribution in [1.82, 2.24) is 10.2 Å². The molecule has 1 aromatic rings. The number of hydrogen-bond acceptors (Lipinski definition) is 5. The first-order chi connectivity index (χ1) is 6.27. The van der Waals surface area contributed by atoms with Crippen molar-refractivity contribution in [3.05, 3.63) is 0 Å². The summed E-state index contributed by atoms with van der Waals surface area (Å²) in [5.74, 6) is 0. The minimum atomic E-state index is 0.132. The van der Waals surface area contributed by atoms with Crippen LogP contribution in [-0.4, -0.2) is 23.3 Å². The van der Waals surface area contributed by atoms with E-state index in [-0.39, 0.29) is 6.01 Å². The van der Waals surface area contributed by atoms with Crippen molar-refractivity contribution in [2.24, 2.45) is 0 Å². The van der Waals surface area contributed by atoms with Crippen LogP contribution in [0.1, 0.15) is 26.7 Å². The molecule has 0 amide bonds. The SMILES string of the molecule is CCCN(CCC)c1nnc(N)o1. The Hall–Kier alpha value is -1.26. The molecule has 5 heteroatoms. The van der Waals surface area contributed by atoms with Gasteiger partial charge in [0.1, 0.15) is 0 Å². The van der Waals surface area contributed by atoms with Crippen molar-refractivity contribution in [1.29, 1.82) is 0 Å². The van der Waals surface area contributed by atoms with Crippen LogP contribution in [0.4, 0.5) is 12.0 Å². The van der Waals surface area contributed by atoms with Crippen LogP contribution in [0.5, 0.6) is 0 Å². The lowest BCUT2D eigenvalue weighted by molar-refractivity contribution is 0.542. The molecule has 0 spiro atoms. The normalized spacial score (nSPS) is 10.3. The van der Waals surface area contributed by atoms with E-state index in [9.17, 15) is 0 Å². The minimum Gasteiger partial charge on any atom is -0.390 e. The van der Waals surface area contributed by atoms with E-state index in [0.717, 1.165) is 25.9 Å². The molecule has 74 valence electrons. The monoisotopic (exact) mass is 184 g/mol. The fraction of sp³-hybridized carbons (Fsp3) is 0.750. The largest absolute Gasteiger partial charge is 0.390 e. The van der Waals surface area contributed by atoms with Gasteiger partial charge in [-0.3, -0.25) is 0 Å². The fourth-order valence-corrected chi connectivity index (χ4v) is 1.20. The Morgan fingerprint density at radius 2 is 1.85 bits per heavy atom. The van der Waals surface area contributed by atoms with Gasteiger partial charge in [0.2, 0.25) is 0 Å². The summed E-state index contributed by atoms with van der Waals surface area (Å²) in [6.07, 6.45) is 2.12. The summed E-state index contributed by atoms with van der Waals surface area (Å²) in [5.41, 5.74) is 5.34. The molecule has 2 N–H and O–H groups in total. The van der Waals surface area contributed by atoms with E-state index in [4.69, 9.17) is 10.2 Å². The molecule has 0 unspecified atom stereocenters. The summed E-state index contributed by atoms with van der Waals surface area (Å²) in [4.78, 5) is 2.04. The maximum atomic E-state index is 5.34. The van der Waals surface area contributed by atoms with E-state index in [1.165, 1.54) is 0 Å². The van der Waals surface area contributed by atoms with Gasteiger partial charge in [-0.05, 0) is 12.8 Å². The van der Waals surface area contributed by atoms with E-state index in [1.807, 2.05) is 4.90 Å². The van der Waals surface area contributed by atoms with E-state index < -0.39 is 0 Å². The lowest BCUT2D eigenvalue weighted by Crippen LogP contribution is -2.25. The number of nitrogens with zero attached hydrogens (tertiary/aromatic N) is 3. The average molecular weight is 184 g/mol. The van der Waals surface area contributed by atoms with E-state index in [1.54, 1.807) is 0 Å². The second-order valence-corrected chi connectivity index (χ2v) is 2.91. The molecule has 13 heavy (non-hydrogen) atoms. The molecule has 1 heterocycles. The topological polar surface area (TPSA) is 68.2 Å². The van der Waals surface area contributed by atoms with Crippen LogP contribution in [0.15, 0.2) is 4.42 Å². The predicted octanol–water partition coefficient (Wildman–Crippen LogP) is 1.28. The van der Waals surface area contributed by atoms with Gasteiger partial charge in [0.25, 0.3) is 0 Å². The average Bonchev–Trinajstić information content (AvgIpc) is 2.51. The highest BCUT2D eigenvalue weighted by atomic mass is 16.4. The van der Waals surface area contributed by atoms with Gasteiger partial charge in [0.05, 0.1) is 0 Å². The van der Waals surface area contributed by atoms with E-state index in [0.29, 0.717) is 6.01 Å². The number of hydrogen-bond donors (Lipinski definition) is 1. The van der Waals surface area contributed by atoms with Gasteiger partial charge < -0.3 is 15.1 Å². The van der Waals surface area contributed by atoms with Gasteiger partial charge >= 0.3 is 12.0 Å². The standard InChI is InChI=1S/C8H16N4O/c1-3-5-12(6-4-2)8-11-10-7(9)13-8/h3-6H2,1-2H3,(H2,9,10). The smallest absolute Gasteiger partial charge is 0.319 e. The molecule has 0 saturated carbocycles. The summed E-state index contributed by atoms with van der Waals surface area (Å²) in [5, 5.41) is 7.46. The van der Waals surface area contributed by atoms with Crippen LogP contribution < -0.4 is 10.6 Å². The molecule has 0 aliphatic carbocycles. The van der Waals surface area contributed by atoms with Crippen LogP contribution in [0.2, 0.25) is 0 Å². The number of aromatic nitrogens is 2. The first-order valence-corrected chi connectivity index (χ1v) is 4.61. The van der Waals surface area contributed by atoms with E-state index in [2.05, 4.69) is 24.0 Å². The maximum Gasteiger partial charge on any atom is 0.319 e. The Morgan fingerprint density at radius 1 is 1.23 bits per heavy atom. The van der Waals surface area contributed by atoms with Crippen molar-refractivity contribution >= 4 is 12.0 Å². The number of nitrogen functional groups attached to an aromatic ring is 1. The second kappa shape index (κ2) is 4.69. The van der Waals surface area contributed by atoms with Crippen LogP contribution in [0.25, 0.3) is 0 Å². The van der Waals surface area contributed by atoms with Crippen molar-refractivity contribution < 1.29 is 4.42 Å². The quantitative estimate of drug-likeness (QED) is 0.746. The highest BCUT2D eigenvalue weighted by Crippen LogP contribution is 2.13. The molecule has 0 aromatic carbocycles. The third kappa shape index (κ3) is 2.61. The third-order valence-electron chi connectivity index (χ3n) is 1.69. The predicted molar refractivity (Wildman–Crippen MR) is 51.5 cm³/mol. The molecule has 5 nitrogen and oxygen atoms in total. The Morgan fingerprint density at radius 3 is 2.23 bits per heavy atom. The third-order valence-corrected chi connectivity index (χ3v) is 1.69. The molecular formula is C8H16N4O. The molecule has 0 aliphatic heterocycles. The number of rotatable bonds is 5. The first-order valence-electron chi connectivity index (χ1n) is 4.61. The van der Waals surface area contributed by atoms with Gasteiger partial charge in [-0.15, -0.1) is 0 Å².